The number of rotatable bonds is 3. The fourth-order valence-electron chi connectivity index (χ4n) is 1.57. The molecule has 0 bridgehead atoms. The lowest BCUT2D eigenvalue weighted by atomic mass is 10.1. The third-order valence-electron chi connectivity index (χ3n) is 2.55. The molecule has 14 heavy (non-hydrogen) atoms. The molecule has 1 aliphatic carbocycles. The lowest BCUT2D eigenvalue weighted by Gasteiger charge is -2.11. The second-order valence-electron chi connectivity index (χ2n) is 4.08. The van der Waals surface area contributed by atoms with Crippen LogP contribution < -0.4 is 11.1 Å². The standard InChI is InChI=1S/C11H17N3/c1-7(12)10-5-6-11(13-8(10)2)14-9-3-4-9/h5-7,9H,3-4,12H2,1-2H3,(H,13,14)/t7-/m1/s1. The van der Waals surface area contributed by atoms with Crippen molar-refractivity contribution in [3.63, 3.8) is 0 Å². The number of pyridine rings is 1. The largest absolute Gasteiger partial charge is 0.367 e. The van der Waals surface area contributed by atoms with Crippen LogP contribution in [0.4, 0.5) is 5.82 Å². The molecule has 2 rings (SSSR count). The first-order chi connectivity index (χ1) is 6.66. The Balaban J connectivity index is 2.16. The van der Waals surface area contributed by atoms with Crippen molar-refractivity contribution in [2.24, 2.45) is 5.73 Å². The van der Waals surface area contributed by atoms with Gasteiger partial charge in [-0.3, -0.25) is 0 Å². The number of nitrogens with zero attached hydrogens (tertiary/aromatic N) is 1. The molecule has 1 aliphatic rings. The SMILES string of the molecule is Cc1nc(NC2CC2)ccc1[C@@H](C)N. The summed E-state index contributed by atoms with van der Waals surface area (Å²) < 4.78 is 0. The van der Waals surface area contributed by atoms with Crippen molar-refractivity contribution in [3.8, 4) is 0 Å². The Morgan fingerprint density at radius 2 is 2.21 bits per heavy atom. The van der Waals surface area contributed by atoms with Gasteiger partial charge in [0, 0.05) is 17.8 Å². The number of nitrogens with one attached hydrogen (secondary N) is 1. The number of aromatic nitrogens is 1. The average molecular weight is 191 g/mol. The van der Waals surface area contributed by atoms with E-state index in [1.807, 2.05) is 19.9 Å². The fourth-order valence-corrected chi connectivity index (χ4v) is 1.57. The van der Waals surface area contributed by atoms with E-state index in [2.05, 4.69) is 16.4 Å². The Labute approximate surface area is 84.7 Å². The molecule has 1 saturated carbocycles. The minimum absolute atomic E-state index is 0.0671. The van der Waals surface area contributed by atoms with Gasteiger partial charge in [0.05, 0.1) is 0 Å². The van der Waals surface area contributed by atoms with Crippen molar-refractivity contribution in [1.29, 1.82) is 0 Å². The molecule has 0 unspecified atom stereocenters. The molecule has 0 saturated heterocycles. The highest BCUT2D eigenvalue weighted by Gasteiger charge is 2.21. The second-order valence-corrected chi connectivity index (χ2v) is 4.08. The van der Waals surface area contributed by atoms with Crippen molar-refractivity contribution in [2.45, 2.75) is 38.8 Å². The van der Waals surface area contributed by atoms with Crippen molar-refractivity contribution in [2.75, 3.05) is 5.32 Å². The van der Waals surface area contributed by atoms with E-state index in [1.165, 1.54) is 12.8 Å². The van der Waals surface area contributed by atoms with E-state index in [-0.39, 0.29) is 6.04 Å². The summed E-state index contributed by atoms with van der Waals surface area (Å²) in [6.07, 6.45) is 2.55. The molecule has 1 heterocycles. The predicted octanol–water partition coefficient (Wildman–Crippen LogP) is 1.98. The fraction of sp³-hybridized carbons (Fsp3) is 0.545. The first kappa shape index (κ1) is 9.46. The van der Waals surface area contributed by atoms with E-state index in [9.17, 15) is 0 Å². The summed E-state index contributed by atoms with van der Waals surface area (Å²) in [6, 6.07) is 4.81. The summed E-state index contributed by atoms with van der Waals surface area (Å²) in [5.41, 5.74) is 7.98. The van der Waals surface area contributed by atoms with Gasteiger partial charge in [-0.2, -0.15) is 0 Å². The number of hydrogen-bond donors (Lipinski definition) is 2. The van der Waals surface area contributed by atoms with Crippen LogP contribution in [0.2, 0.25) is 0 Å². The predicted molar refractivity (Wildman–Crippen MR) is 58.2 cm³/mol. The van der Waals surface area contributed by atoms with Crippen LogP contribution in [0.5, 0.6) is 0 Å². The molecule has 3 nitrogen and oxygen atoms in total. The minimum atomic E-state index is 0.0671. The van der Waals surface area contributed by atoms with Gasteiger partial charge < -0.3 is 11.1 Å². The summed E-state index contributed by atoms with van der Waals surface area (Å²) in [4.78, 5) is 4.48. The van der Waals surface area contributed by atoms with Gasteiger partial charge >= 0.3 is 0 Å². The maximum atomic E-state index is 5.82. The maximum absolute atomic E-state index is 5.82. The van der Waals surface area contributed by atoms with Gasteiger partial charge in [0.15, 0.2) is 0 Å². The zero-order valence-electron chi connectivity index (χ0n) is 8.75. The molecule has 0 amide bonds. The van der Waals surface area contributed by atoms with Crippen molar-refractivity contribution in [3.05, 3.63) is 23.4 Å². The molecular weight excluding hydrogens is 174 g/mol. The highest BCUT2D eigenvalue weighted by Crippen LogP contribution is 2.24. The number of anilines is 1. The van der Waals surface area contributed by atoms with Crippen LogP contribution in [0.15, 0.2) is 12.1 Å². The van der Waals surface area contributed by atoms with E-state index in [4.69, 9.17) is 5.73 Å². The van der Waals surface area contributed by atoms with Gasteiger partial charge in [-0.25, -0.2) is 4.98 Å². The van der Waals surface area contributed by atoms with Gasteiger partial charge in [-0.15, -0.1) is 0 Å². The Bertz CT molecular complexity index is 329. The topological polar surface area (TPSA) is 50.9 Å². The lowest BCUT2D eigenvalue weighted by Crippen LogP contribution is -2.10. The third kappa shape index (κ3) is 2.04. The van der Waals surface area contributed by atoms with E-state index in [0.717, 1.165) is 17.1 Å². The van der Waals surface area contributed by atoms with Crippen LogP contribution >= 0.6 is 0 Å². The Morgan fingerprint density at radius 3 is 2.71 bits per heavy atom. The summed E-state index contributed by atoms with van der Waals surface area (Å²) in [5.74, 6) is 0.981. The summed E-state index contributed by atoms with van der Waals surface area (Å²) in [7, 11) is 0. The molecule has 3 heteroatoms. The molecule has 3 N–H and O–H groups in total. The molecule has 1 aromatic heterocycles. The third-order valence-corrected chi connectivity index (χ3v) is 2.55. The van der Waals surface area contributed by atoms with Crippen LogP contribution in [0.25, 0.3) is 0 Å². The van der Waals surface area contributed by atoms with E-state index in [1.54, 1.807) is 0 Å². The Morgan fingerprint density at radius 1 is 1.50 bits per heavy atom. The van der Waals surface area contributed by atoms with Gasteiger partial charge in [-0.05, 0) is 38.3 Å². The highest BCUT2D eigenvalue weighted by molar-refractivity contribution is 5.41. The zero-order valence-corrected chi connectivity index (χ0v) is 8.75. The van der Waals surface area contributed by atoms with Crippen molar-refractivity contribution >= 4 is 5.82 Å². The maximum Gasteiger partial charge on any atom is 0.126 e. The van der Waals surface area contributed by atoms with Crippen LogP contribution in [0.3, 0.4) is 0 Å². The van der Waals surface area contributed by atoms with Crippen molar-refractivity contribution < 1.29 is 0 Å². The number of nitrogens with two attached hydrogens (primary N) is 1. The van der Waals surface area contributed by atoms with E-state index < -0.39 is 0 Å². The monoisotopic (exact) mass is 191 g/mol. The molecule has 1 fully saturated rings. The Hall–Kier alpha value is -1.09. The van der Waals surface area contributed by atoms with E-state index >= 15 is 0 Å². The zero-order chi connectivity index (χ0) is 10.1. The summed E-state index contributed by atoms with van der Waals surface area (Å²) in [5, 5.41) is 3.37. The Kier molecular flexibility index (Phi) is 2.42. The lowest BCUT2D eigenvalue weighted by molar-refractivity contribution is 0.799. The van der Waals surface area contributed by atoms with E-state index in [0.29, 0.717) is 6.04 Å². The molecule has 0 aliphatic heterocycles. The van der Waals surface area contributed by atoms with Crippen LogP contribution in [0.1, 0.15) is 37.1 Å². The molecule has 76 valence electrons. The summed E-state index contributed by atoms with van der Waals surface area (Å²) in [6.45, 7) is 3.99. The second kappa shape index (κ2) is 3.58. The first-order valence-electron chi connectivity index (χ1n) is 5.16. The van der Waals surface area contributed by atoms with Gasteiger partial charge in [0.2, 0.25) is 0 Å². The molecule has 0 aromatic carbocycles. The quantitative estimate of drug-likeness (QED) is 0.768. The molecule has 1 aromatic rings. The molecule has 1 atom stereocenters. The van der Waals surface area contributed by atoms with Crippen LogP contribution in [-0.4, -0.2) is 11.0 Å². The van der Waals surface area contributed by atoms with Gasteiger partial charge in [0.25, 0.3) is 0 Å². The van der Waals surface area contributed by atoms with Crippen molar-refractivity contribution in [1.82, 2.24) is 4.98 Å². The molecule has 0 spiro atoms. The number of hydrogen-bond acceptors (Lipinski definition) is 3. The first-order valence-corrected chi connectivity index (χ1v) is 5.16. The van der Waals surface area contributed by atoms with Gasteiger partial charge in [0.1, 0.15) is 5.82 Å². The normalized spacial score (nSPS) is 17.9. The van der Waals surface area contributed by atoms with Gasteiger partial charge in [-0.1, -0.05) is 6.07 Å². The van der Waals surface area contributed by atoms with Crippen LogP contribution in [0, 0.1) is 6.92 Å². The smallest absolute Gasteiger partial charge is 0.126 e. The molecule has 0 radical (unpaired) electrons. The van der Waals surface area contributed by atoms with Crippen LogP contribution in [-0.2, 0) is 0 Å². The highest BCUT2D eigenvalue weighted by atomic mass is 15.0. The number of aryl methyl sites for hydroxylation is 1. The average Bonchev–Trinajstić information content (AvgIpc) is 2.87. The molecular formula is C11H17N3. The minimum Gasteiger partial charge on any atom is -0.367 e. The summed E-state index contributed by atoms with van der Waals surface area (Å²) >= 11 is 0.